The fourth-order valence-electron chi connectivity index (χ4n) is 2.61. The number of barbiturate groups is 1. The Kier molecular flexibility index (Phi) is 3.80. The molecule has 1 fully saturated rings. The second-order valence-corrected chi connectivity index (χ2v) is 5.07. The highest BCUT2D eigenvalue weighted by Gasteiger charge is 2.52. The normalized spacial score (nSPS) is 17.9. The van der Waals surface area contributed by atoms with E-state index >= 15 is 0 Å². The molecule has 0 aliphatic carbocycles. The Morgan fingerprint density at radius 2 is 1.81 bits per heavy atom. The largest absolute Gasteiger partial charge is 0.335 e. The van der Waals surface area contributed by atoms with Gasteiger partial charge in [-0.25, -0.2) is 14.1 Å². The molecule has 4 amide bonds. The Labute approximate surface area is 122 Å². The summed E-state index contributed by atoms with van der Waals surface area (Å²) in [7, 11) is 0. The number of nitrogens with zero attached hydrogens (tertiary/aromatic N) is 1. The van der Waals surface area contributed by atoms with Crippen LogP contribution >= 0.6 is 0 Å². The van der Waals surface area contributed by atoms with Crippen molar-refractivity contribution in [2.45, 2.75) is 33.6 Å². The maximum Gasteiger partial charge on any atom is 0.335 e. The number of anilines is 1. The molecular weight excluding hydrogens is 275 g/mol. The van der Waals surface area contributed by atoms with Gasteiger partial charge in [-0.2, -0.15) is 0 Å². The summed E-state index contributed by atoms with van der Waals surface area (Å²) in [6.07, 6.45) is 0.540. The first-order chi connectivity index (χ1) is 9.89. The van der Waals surface area contributed by atoms with Gasteiger partial charge in [0.2, 0.25) is 5.91 Å². The van der Waals surface area contributed by atoms with Crippen molar-refractivity contribution in [3.8, 4) is 0 Å². The second kappa shape index (κ2) is 5.27. The molecule has 0 spiro atoms. The highest BCUT2D eigenvalue weighted by atomic mass is 19.1. The summed E-state index contributed by atoms with van der Waals surface area (Å²) in [4.78, 5) is 37.7. The third kappa shape index (κ3) is 2.11. The average molecular weight is 292 g/mol. The summed E-state index contributed by atoms with van der Waals surface area (Å²) in [5.41, 5.74) is -0.931. The SMILES string of the molecule is CCC1(CC)C(=O)NC(=O)N(c2cccc(F)c2C)C1=O. The highest BCUT2D eigenvalue weighted by Crippen LogP contribution is 2.35. The average Bonchev–Trinajstić information content (AvgIpc) is 2.44. The maximum atomic E-state index is 13.7. The van der Waals surface area contributed by atoms with E-state index in [-0.39, 0.29) is 24.1 Å². The number of nitrogens with one attached hydrogen (secondary N) is 1. The number of imide groups is 2. The summed E-state index contributed by atoms with van der Waals surface area (Å²) in [6, 6.07) is 3.33. The molecule has 1 aliphatic heterocycles. The Bertz CT molecular complexity index is 623. The zero-order chi connectivity index (χ0) is 15.8. The number of carbonyl (C=O) groups excluding carboxylic acids is 3. The molecule has 1 saturated heterocycles. The molecule has 5 nitrogen and oxygen atoms in total. The summed E-state index contributed by atoms with van der Waals surface area (Å²) in [5, 5.41) is 2.20. The van der Waals surface area contributed by atoms with Gasteiger partial charge < -0.3 is 0 Å². The van der Waals surface area contributed by atoms with Gasteiger partial charge in [0.15, 0.2) is 0 Å². The molecule has 1 aliphatic rings. The first-order valence-corrected chi connectivity index (χ1v) is 6.84. The molecule has 0 unspecified atom stereocenters. The molecule has 1 aromatic rings. The predicted molar refractivity (Wildman–Crippen MR) is 75.2 cm³/mol. The third-order valence-electron chi connectivity index (χ3n) is 4.16. The van der Waals surface area contributed by atoms with Gasteiger partial charge in [0.05, 0.1) is 5.69 Å². The van der Waals surface area contributed by atoms with Crippen LogP contribution in [0.4, 0.5) is 14.9 Å². The van der Waals surface area contributed by atoms with Gasteiger partial charge in [-0.15, -0.1) is 0 Å². The molecule has 1 heterocycles. The Hall–Kier alpha value is -2.24. The topological polar surface area (TPSA) is 66.5 Å². The minimum atomic E-state index is -1.29. The lowest BCUT2D eigenvalue weighted by atomic mass is 9.78. The van der Waals surface area contributed by atoms with E-state index in [1.807, 2.05) is 0 Å². The third-order valence-corrected chi connectivity index (χ3v) is 4.16. The fourth-order valence-corrected chi connectivity index (χ4v) is 2.61. The van der Waals surface area contributed by atoms with E-state index in [1.54, 1.807) is 13.8 Å². The Morgan fingerprint density at radius 3 is 2.38 bits per heavy atom. The van der Waals surface area contributed by atoms with Gasteiger partial charge in [0, 0.05) is 5.56 Å². The van der Waals surface area contributed by atoms with E-state index in [2.05, 4.69) is 5.32 Å². The first kappa shape index (κ1) is 15.2. The minimum absolute atomic E-state index is 0.163. The van der Waals surface area contributed by atoms with Gasteiger partial charge in [-0.1, -0.05) is 19.9 Å². The number of amides is 4. The van der Waals surface area contributed by atoms with Crippen LogP contribution in [0.2, 0.25) is 0 Å². The molecule has 0 radical (unpaired) electrons. The zero-order valence-electron chi connectivity index (χ0n) is 12.2. The van der Waals surface area contributed by atoms with Crippen LogP contribution in [0, 0.1) is 18.2 Å². The van der Waals surface area contributed by atoms with E-state index in [0.29, 0.717) is 0 Å². The molecule has 21 heavy (non-hydrogen) atoms. The van der Waals surface area contributed by atoms with E-state index in [0.717, 1.165) is 4.90 Å². The van der Waals surface area contributed by atoms with Gasteiger partial charge in [-0.3, -0.25) is 14.9 Å². The minimum Gasteiger partial charge on any atom is -0.276 e. The molecule has 0 bridgehead atoms. The van der Waals surface area contributed by atoms with Crippen LogP contribution in [-0.2, 0) is 9.59 Å². The number of hydrogen-bond donors (Lipinski definition) is 1. The number of carbonyl (C=O) groups is 3. The van der Waals surface area contributed by atoms with Crippen LogP contribution in [-0.4, -0.2) is 17.8 Å². The van der Waals surface area contributed by atoms with Crippen LogP contribution < -0.4 is 10.2 Å². The molecule has 0 atom stereocenters. The zero-order valence-corrected chi connectivity index (χ0v) is 12.2. The van der Waals surface area contributed by atoms with Crippen molar-refractivity contribution in [3.63, 3.8) is 0 Å². The molecule has 6 heteroatoms. The van der Waals surface area contributed by atoms with Crippen molar-refractivity contribution < 1.29 is 18.8 Å². The number of urea groups is 1. The second-order valence-electron chi connectivity index (χ2n) is 5.07. The fraction of sp³-hybridized carbons (Fsp3) is 0.400. The molecule has 1 N–H and O–H groups in total. The standard InChI is InChI=1S/C15H17FN2O3/c1-4-15(5-2)12(19)17-14(21)18(13(15)20)11-8-6-7-10(16)9(11)3/h6-8H,4-5H2,1-3H3,(H,17,19,21). The quantitative estimate of drug-likeness (QED) is 0.870. The van der Waals surface area contributed by atoms with Gasteiger partial charge in [-0.05, 0) is 31.9 Å². The highest BCUT2D eigenvalue weighted by molar-refractivity contribution is 6.30. The Balaban J connectivity index is 2.58. The van der Waals surface area contributed by atoms with E-state index < -0.39 is 29.1 Å². The number of hydrogen-bond acceptors (Lipinski definition) is 3. The monoisotopic (exact) mass is 292 g/mol. The van der Waals surface area contributed by atoms with Gasteiger partial charge >= 0.3 is 6.03 Å². The van der Waals surface area contributed by atoms with Crippen molar-refractivity contribution in [3.05, 3.63) is 29.6 Å². The lowest BCUT2D eigenvalue weighted by molar-refractivity contribution is -0.143. The predicted octanol–water partition coefficient (Wildman–Crippen LogP) is 2.52. The van der Waals surface area contributed by atoms with Crippen molar-refractivity contribution in [2.24, 2.45) is 5.41 Å². The van der Waals surface area contributed by atoms with Crippen molar-refractivity contribution in [1.29, 1.82) is 0 Å². The smallest absolute Gasteiger partial charge is 0.276 e. The summed E-state index contributed by atoms with van der Waals surface area (Å²) >= 11 is 0. The van der Waals surface area contributed by atoms with E-state index in [1.165, 1.54) is 25.1 Å². The van der Waals surface area contributed by atoms with E-state index in [9.17, 15) is 18.8 Å². The van der Waals surface area contributed by atoms with Crippen LogP contribution in [0.1, 0.15) is 32.3 Å². The molecule has 112 valence electrons. The molecule has 0 aromatic heterocycles. The molecule has 0 saturated carbocycles. The maximum absolute atomic E-state index is 13.7. The molecular formula is C15H17FN2O3. The lowest BCUT2D eigenvalue weighted by Crippen LogP contribution is -2.64. The first-order valence-electron chi connectivity index (χ1n) is 6.84. The van der Waals surface area contributed by atoms with Crippen LogP contribution in [0.3, 0.4) is 0 Å². The van der Waals surface area contributed by atoms with Gasteiger partial charge in [0.25, 0.3) is 5.91 Å². The van der Waals surface area contributed by atoms with Crippen LogP contribution in [0.25, 0.3) is 0 Å². The summed E-state index contributed by atoms with van der Waals surface area (Å²) < 4.78 is 13.7. The number of halogens is 1. The van der Waals surface area contributed by atoms with Crippen LogP contribution in [0.15, 0.2) is 18.2 Å². The molecule has 2 rings (SSSR count). The Morgan fingerprint density at radius 1 is 1.19 bits per heavy atom. The van der Waals surface area contributed by atoms with Crippen molar-refractivity contribution in [1.82, 2.24) is 5.32 Å². The van der Waals surface area contributed by atoms with E-state index in [4.69, 9.17) is 0 Å². The van der Waals surface area contributed by atoms with Crippen molar-refractivity contribution >= 4 is 23.5 Å². The summed E-state index contributed by atoms with van der Waals surface area (Å²) in [5.74, 6) is -1.70. The lowest BCUT2D eigenvalue weighted by Gasteiger charge is -2.38. The molecule has 1 aromatic carbocycles. The summed E-state index contributed by atoms with van der Waals surface area (Å²) in [6.45, 7) is 4.92. The number of benzene rings is 1. The van der Waals surface area contributed by atoms with Crippen LogP contribution in [0.5, 0.6) is 0 Å². The van der Waals surface area contributed by atoms with Gasteiger partial charge in [0.1, 0.15) is 11.2 Å². The van der Waals surface area contributed by atoms with Crippen molar-refractivity contribution in [2.75, 3.05) is 4.90 Å². The number of rotatable bonds is 3.